The van der Waals surface area contributed by atoms with Gasteiger partial charge in [-0.1, -0.05) is 60.7 Å². The van der Waals surface area contributed by atoms with E-state index in [0.29, 0.717) is 0 Å². The molecule has 5 aromatic rings. The molecular formula is C33H24B2O3. The first kappa shape index (κ1) is 21.7. The summed E-state index contributed by atoms with van der Waals surface area (Å²) in [6.45, 7) is 6.41. The van der Waals surface area contributed by atoms with E-state index in [0.717, 1.165) is 56.4 Å². The molecule has 0 saturated heterocycles. The van der Waals surface area contributed by atoms with E-state index in [2.05, 4.69) is 106 Å². The summed E-state index contributed by atoms with van der Waals surface area (Å²) < 4.78 is 19.9. The second-order valence-electron chi connectivity index (χ2n) is 10.7. The Morgan fingerprint density at radius 3 is 1.58 bits per heavy atom. The van der Waals surface area contributed by atoms with E-state index < -0.39 is 0 Å². The zero-order valence-electron chi connectivity index (χ0n) is 21.5. The third-order valence-corrected chi connectivity index (χ3v) is 8.18. The molecule has 0 atom stereocenters. The molecule has 0 radical (unpaired) electrons. The Kier molecular flexibility index (Phi) is 4.46. The maximum atomic E-state index is 6.86. The Morgan fingerprint density at radius 1 is 0.447 bits per heavy atom. The molecule has 0 saturated carbocycles. The Labute approximate surface area is 223 Å². The molecule has 0 spiro atoms. The molecule has 3 heterocycles. The molecule has 8 rings (SSSR count). The van der Waals surface area contributed by atoms with Gasteiger partial charge in [-0.2, -0.15) is 0 Å². The third-order valence-electron chi connectivity index (χ3n) is 8.18. The lowest BCUT2D eigenvalue weighted by Gasteiger charge is -2.36. The van der Waals surface area contributed by atoms with Crippen LogP contribution in [0.15, 0.2) is 91.0 Å². The molecule has 0 amide bonds. The normalized spacial score (nSPS) is 13.7. The van der Waals surface area contributed by atoms with Gasteiger partial charge in [0.2, 0.25) is 0 Å². The highest BCUT2D eigenvalue weighted by Crippen LogP contribution is 2.36. The van der Waals surface area contributed by atoms with Gasteiger partial charge in [-0.15, -0.1) is 0 Å². The summed E-state index contributed by atoms with van der Waals surface area (Å²) in [5, 5.41) is 0. The maximum absolute atomic E-state index is 6.86. The van der Waals surface area contributed by atoms with Gasteiger partial charge in [0.15, 0.2) is 0 Å². The molecule has 5 heteroatoms. The van der Waals surface area contributed by atoms with Crippen molar-refractivity contribution < 1.29 is 14.2 Å². The van der Waals surface area contributed by atoms with E-state index in [-0.39, 0.29) is 13.4 Å². The van der Waals surface area contributed by atoms with Crippen molar-refractivity contribution >= 4 is 46.2 Å². The number of benzene rings is 5. The number of rotatable bonds is 1. The van der Waals surface area contributed by atoms with Crippen LogP contribution in [0.3, 0.4) is 0 Å². The van der Waals surface area contributed by atoms with E-state index >= 15 is 0 Å². The molecular weight excluding hydrogens is 466 g/mol. The van der Waals surface area contributed by atoms with Crippen molar-refractivity contribution in [3.8, 4) is 34.5 Å². The molecule has 3 aliphatic rings. The predicted molar refractivity (Wildman–Crippen MR) is 156 cm³/mol. The van der Waals surface area contributed by atoms with E-state index in [4.69, 9.17) is 14.2 Å². The highest BCUT2D eigenvalue weighted by Gasteiger charge is 2.44. The average molecular weight is 490 g/mol. The molecule has 0 unspecified atom stereocenters. The van der Waals surface area contributed by atoms with Crippen LogP contribution in [0.2, 0.25) is 0 Å². The molecule has 38 heavy (non-hydrogen) atoms. The zero-order valence-corrected chi connectivity index (χ0v) is 21.5. The summed E-state index contributed by atoms with van der Waals surface area (Å²) in [6.07, 6.45) is 0. The number of para-hydroxylation sites is 2. The van der Waals surface area contributed by atoms with E-state index in [1.807, 2.05) is 6.07 Å². The van der Waals surface area contributed by atoms with Crippen LogP contribution >= 0.6 is 0 Å². The first-order chi connectivity index (χ1) is 18.6. The summed E-state index contributed by atoms with van der Waals surface area (Å²) in [5.41, 5.74) is 10.4. The lowest BCUT2D eigenvalue weighted by Crippen LogP contribution is -2.62. The Morgan fingerprint density at radius 2 is 0.947 bits per heavy atom. The highest BCUT2D eigenvalue weighted by atomic mass is 16.5. The van der Waals surface area contributed by atoms with Gasteiger partial charge in [-0.25, -0.2) is 0 Å². The molecule has 0 fully saturated rings. The SMILES string of the molecule is Cc1ccc2c(c1)Oc1cc(C)ccc1B2c1c(C)cc2c3c1Oc1ccccc1B3c1ccccc1O2. The minimum absolute atomic E-state index is 0.0293. The third kappa shape index (κ3) is 2.99. The van der Waals surface area contributed by atoms with Crippen LogP contribution in [0.25, 0.3) is 0 Å². The molecule has 3 nitrogen and oxygen atoms in total. The zero-order chi connectivity index (χ0) is 25.5. The first-order valence-corrected chi connectivity index (χ1v) is 13.2. The van der Waals surface area contributed by atoms with Crippen molar-refractivity contribution in [2.75, 3.05) is 0 Å². The van der Waals surface area contributed by atoms with Crippen LogP contribution in [0.1, 0.15) is 16.7 Å². The van der Waals surface area contributed by atoms with Gasteiger partial charge in [0.05, 0.1) is 0 Å². The predicted octanol–water partition coefficient (Wildman–Crippen LogP) is 3.96. The lowest BCUT2D eigenvalue weighted by molar-refractivity contribution is 0.466. The van der Waals surface area contributed by atoms with Gasteiger partial charge < -0.3 is 14.2 Å². The summed E-state index contributed by atoms with van der Waals surface area (Å²) in [6, 6.07) is 32.0. The number of fused-ring (bicyclic) bond motifs is 6. The van der Waals surface area contributed by atoms with Crippen molar-refractivity contribution in [2.45, 2.75) is 20.8 Å². The maximum Gasteiger partial charge on any atom is 0.260 e. The molecule has 180 valence electrons. The van der Waals surface area contributed by atoms with Gasteiger partial charge in [0, 0.05) is 5.46 Å². The van der Waals surface area contributed by atoms with Crippen molar-refractivity contribution in [2.24, 2.45) is 0 Å². The molecule has 0 N–H and O–H groups in total. The van der Waals surface area contributed by atoms with Crippen LogP contribution in [-0.4, -0.2) is 13.4 Å². The van der Waals surface area contributed by atoms with Crippen molar-refractivity contribution in [3.05, 3.63) is 108 Å². The Hall–Kier alpha value is -4.37. The van der Waals surface area contributed by atoms with Crippen molar-refractivity contribution in [3.63, 3.8) is 0 Å². The summed E-state index contributed by atoms with van der Waals surface area (Å²) in [5.74, 6) is 5.41. The van der Waals surface area contributed by atoms with Crippen LogP contribution in [0.4, 0.5) is 0 Å². The Bertz CT molecular complexity index is 1750. The average Bonchev–Trinajstić information content (AvgIpc) is 2.92. The molecule has 0 aliphatic carbocycles. The molecule has 5 aromatic carbocycles. The van der Waals surface area contributed by atoms with Crippen LogP contribution in [0, 0.1) is 20.8 Å². The van der Waals surface area contributed by atoms with Gasteiger partial charge >= 0.3 is 0 Å². The quantitative estimate of drug-likeness (QED) is 0.327. The molecule has 0 bridgehead atoms. The van der Waals surface area contributed by atoms with Crippen LogP contribution in [0.5, 0.6) is 34.5 Å². The van der Waals surface area contributed by atoms with Gasteiger partial charge in [0.25, 0.3) is 13.4 Å². The summed E-state index contributed by atoms with van der Waals surface area (Å²) in [7, 11) is 0. The molecule has 0 aromatic heterocycles. The van der Waals surface area contributed by atoms with E-state index in [1.54, 1.807) is 0 Å². The van der Waals surface area contributed by atoms with Gasteiger partial charge in [-0.05, 0) is 95.1 Å². The fourth-order valence-corrected chi connectivity index (χ4v) is 6.48. The number of ether oxygens (including phenoxy) is 3. The van der Waals surface area contributed by atoms with Crippen LogP contribution < -0.4 is 47.0 Å². The number of hydrogen-bond acceptors (Lipinski definition) is 3. The fraction of sp³-hybridized carbons (Fsp3) is 0.0909. The van der Waals surface area contributed by atoms with Gasteiger partial charge in [-0.3, -0.25) is 0 Å². The monoisotopic (exact) mass is 490 g/mol. The van der Waals surface area contributed by atoms with Crippen molar-refractivity contribution in [1.29, 1.82) is 0 Å². The van der Waals surface area contributed by atoms with E-state index in [9.17, 15) is 0 Å². The summed E-state index contributed by atoms with van der Waals surface area (Å²) in [4.78, 5) is 0. The second kappa shape index (κ2) is 7.82. The molecule has 3 aliphatic heterocycles. The lowest BCUT2D eigenvalue weighted by atomic mass is 9.31. The van der Waals surface area contributed by atoms with Crippen LogP contribution in [-0.2, 0) is 0 Å². The second-order valence-corrected chi connectivity index (χ2v) is 10.7. The fourth-order valence-electron chi connectivity index (χ4n) is 6.48. The minimum Gasteiger partial charge on any atom is -0.459 e. The smallest absolute Gasteiger partial charge is 0.260 e. The van der Waals surface area contributed by atoms with Crippen molar-refractivity contribution in [1.82, 2.24) is 0 Å². The van der Waals surface area contributed by atoms with Gasteiger partial charge in [0.1, 0.15) is 34.5 Å². The highest BCUT2D eigenvalue weighted by molar-refractivity contribution is 7.01. The minimum atomic E-state index is -0.0293. The topological polar surface area (TPSA) is 27.7 Å². The first-order valence-electron chi connectivity index (χ1n) is 13.2. The Balaban J connectivity index is 1.45. The number of hydrogen-bond donors (Lipinski definition) is 0. The summed E-state index contributed by atoms with van der Waals surface area (Å²) >= 11 is 0. The standard InChI is InChI=1S/C33H24B2O3/c1-19-12-14-24-28(16-19)37-29-17-20(2)13-15-25(29)34(24)31-21(3)18-30-32-33(31)38-27-11-7-5-9-23(27)35(32)22-8-4-6-10-26(22)36-30/h4-18H,1-3H3. The van der Waals surface area contributed by atoms with E-state index in [1.165, 1.54) is 27.5 Å². The largest absolute Gasteiger partial charge is 0.459 e. The number of aryl methyl sites for hydroxylation is 3.